The number of hydrogen-bond acceptors (Lipinski definition) is 1. The number of halogens is 3. The summed E-state index contributed by atoms with van der Waals surface area (Å²) in [7, 11) is 0. The lowest BCUT2D eigenvalue weighted by Crippen LogP contribution is -2.03. The molecule has 0 fully saturated rings. The number of anilines is 1. The molecule has 0 amide bonds. The Balaban J connectivity index is 2.14. The summed E-state index contributed by atoms with van der Waals surface area (Å²) in [6.45, 7) is 2.36. The van der Waals surface area contributed by atoms with Crippen LogP contribution in [-0.4, -0.2) is 0 Å². The van der Waals surface area contributed by atoms with E-state index in [1.54, 1.807) is 18.2 Å². The fraction of sp³-hybridized carbons (Fsp3) is 0.143. The maximum Gasteiger partial charge on any atom is 0.146 e. The minimum atomic E-state index is -0.255. The van der Waals surface area contributed by atoms with Crippen LogP contribution in [-0.2, 0) is 6.54 Å². The van der Waals surface area contributed by atoms with E-state index in [9.17, 15) is 4.39 Å². The van der Waals surface area contributed by atoms with Crippen molar-refractivity contribution in [2.45, 2.75) is 13.5 Å². The van der Waals surface area contributed by atoms with E-state index in [1.165, 1.54) is 6.07 Å². The molecule has 0 aromatic heterocycles. The van der Waals surface area contributed by atoms with Gasteiger partial charge in [0.25, 0.3) is 0 Å². The van der Waals surface area contributed by atoms with Crippen LogP contribution in [0.4, 0.5) is 10.1 Å². The van der Waals surface area contributed by atoms with E-state index in [4.69, 9.17) is 23.2 Å². The fourth-order valence-corrected chi connectivity index (χ4v) is 2.02. The first-order valence-corrected chi connectivity index (χ1v) is 6.26. The second-order valence-electron chi connectivity index (χ2n) is 4.03. The fourth-order valence-electron chi connectivity index (χ4n) is 1.70. The molecule has 0 radical (unpaired) electrons. The van der Waals surface area contributed by atoms with E-state index in [0.29, 0.717) is 22.3 Å². The molecular weight excluding hydrogens is 272 g/mol. The Bertz CT molecular complexity index is 549. The molecule has 0 spiro atoms. The van der Waals surface area contributed by atoms with Gasteiger partial charge in [-0.2, -0.15) is 0 Å². The quantitative estimate of drug-likeness (QED) is 0.831. The summed E-state index contributed by atoms with van der Waals surface area (Å²) in [6, 6.07) is 10.3. The highest BCUT2D eigenvalue weighted by atomic mass is 35.5. The molecule has 2 aromatic carbocycles. The van der Waals surface area contributed by atoms with Crippen LogP contribution in [0.5, 0.6) is 0 Å². The Morgan fingerprint density at radius 2 is 1.89 bits per heavy atom. The summed E-state index contributed by atoms with van der Waals surface area (Å²) in [4.78, 5) is 0. The monoisotopic (exact) mass is 283 g/mol. The molecule has 0 atom stereocenters. The zero-order chi connectivity index (χ0) is 13.1. The standard InChI is InChI=1S/C14H12Cl2FN/c1-9-3-2-4-13(17)14(9)18-8-10-5-6-11(15)12(16)7-10/h2-7,18H,8H2,1H3. The number of rotatable bonds is 3. The van der Waals surface area contributed by atoms with Crippen LogP contribution in [0.3, 0.4) is 0 Å². The molecule has 0 aliphatic rings. The summed E-state index contributed by atoms with van der Waals surface area (Å²) in [6.07, 6.45) is 0. The first-order chi connectivity index (χ1) is 8.58. The van der Waals surface area contributed by atoms with Gasteiger partial charge in [-0.05, 0) is 36.2 Å². The smallest absolute Gasteiger partial charge is 0.146 e. The highest BCUT2D eigenvalue weighted by Crippen LogP contribution is 2.24. The lowest BCUT2D eigenvalue weighted by molar-refractivity contribution is 0.629. The molecule has 1 N–H and O–H groups in total. The normalized spacial score (nSPS) is 10.4. The van der Waals surface area contributed by atoms with E-state index in [0.717, 1.165) is 11.1 Å². The third-order valence-corrected chi connectivity index (χ3v) is 3.41. The Labute approximate surface area is 116 Å². The Morgan fingerprint density at radius 3 is 2.56 bits per heavy atom. The van der Waals surface area contributed by atoms with Gasteiger partial charge in [-0.25, -0.2) is 4.39 Å². The van der Waals surface area contributed by atoms with Crippen molar-refractivity contribution in [1.29, 1.82) is 0 Å². The van der Waals surface area contributed by atoms with Gasteiger partial charge >= 0.3 is 0 Å². The minimum Gasteiger partial charge on any atom is -0.378 e. The minimum absolute atomic E-state index is 0.255. The summed E-state index contributed by atoms with van der Waals surface area (Å²) in [5.41, 5.74) is 2.34. The molecule has 0 bridgehead atoms. The van der Waals surface area contributed by atoms with Crippen LogP contribution in [0.2, 0.25) is 10.0 Å². The Morgan fingerprint density at radius 1 is 1.11 bits per heavy atom. The number of para-hydroxylation sites is 1. The van der Waals surface area contributed by atoms with E-state index in [2.05, 4.69) is 5.32 Å². The average molecular weight is 284 g/mol. The SMILES string of the molecule is Cc1cccc(F)c1NCc1ccc(Cl)c(Cl)c1. The van der Waals surface area contributed by atoms with Gasteiger partial charge in [-0.15, -0.1) is 0 Å². The van der Waals surface area contributed by atoms with Gasteiger partial charge in [0.1, 0.15) is 5.82 Å². The van der Waals surface area contributed by atoms with Crippen molar-refractivity contribution < 1.29 is 4.39 Å². The van der Waals surface area contributed by atoms with Crippen LogP contribution in [0.1, 0.15) is 11.1 Å². The van der Waals surface area contributed by atoms with Crippen LogP contribution in [0.15, 0.2) is 36.4 Å². The maximum atomic E-state index is 13.6. The molecular formula is C14H12Cl2FN. The van der Waals surface area contributed by atoms with Crippen molar-refractivity contribution >= 4 is 28.9 Å². The molecule has 0 saturated carbocycles. The van der Waals surface area contributed by atoms with E-state index in [-0.39, 0.29) is 5.82 Å². The van der Waals surface area contributed by atoms with Crippen molar-refractivity contribution in [2.24, 2.45) is 0 Å². The van der Waals surface area contributed by atoms with Gasteiger partial charge in [0.05, 0.1) is 15.7 Å². The van der Waals surface area contributed by atoms with Crippen molar-refractivity contribution in [1.82, 2.24) is 0 Å². The molecule has 0 heterocycles. The first-order valence-electron chi connectivity index (χ1n) is 5.51. The molecule has 4 heteroatoms. The Kier molecular flexibility index (Phi) is 4.10. The van der Waals surface area contributed by atoms with Crippen LogP contribution < -0.4 is 5.32 Å². The molecule has 1 nitrogen and oxygen atoms in total. The molecule has 94 valence electrons. The highest BCUT2D eigenvalue weighted by Gasteiger charge is 2.05. The third-order valence-electron chi connectivity index (χ3n) is 2.68. The van der Waals surface area contributed by atoms with Crippen LogP contribution >= 0.6 is 23.2 Å². The summed E-state index contributed by atoms with van der Waals surface area (Å²) >= 11 is 11.8. The second-order valence-corrected chi connectivity index (χ2v) is 4.85. The number of benzene rings is 2. The van der Waals surface area contributed by atoms with Gasteiger partial charge in [-0.3, -0.25) is 0 Å². The average Bonchev–Trinajstić information content (AvgIpc) is 2.33. The van der Waals surface area contributed by atoms with Gasteiger partial charge < -0.3 is 5.32 Å². The van der Waals surface area contributed by atoms with Crippen LogP contribution in [0.25, 0.3) is 0 Å². The number of nitrogens with one attached hydrogen (secondary N) is 1. The zero-order valence-corrected chi connectivity index (χ0v) is 11.3. The lowest BCUT2D eigenvalue weighted by Gasteiger charge is -2.11. The topological polar surface area (TPSA) is 12.0 Å². The van der Waals surface area contributed by atoms with Crippen molar-refractivity contribution in [3.63, 3.8) is 0 Å². The van der Waals surface area contributed by atoms with Gasteiger partial charge in [0, 0.05) is 6.54 Å². The molecule has 2 rings (SSSR count). The number of aryl methyl sites for hydroxylation is 1. The summed E-state index contributed by atoms with van der Waals surface area (Å²) < 4.78 is 13.6. The predicted octanol–water partition coefficient (Wildman–Crippen LogP) is 5.05. The molecule has 2 aromatic rings. The van der Waals surface area contributed by atoms with Crippen LogP contribution in [0, 0.1) is 12.7 Å². The summed E-state index contributed by atoms with van der Waals surface area (Å²) in [5, 5.41) is 4.08. The molecule has 0 aliphatic heterocycles. The largest absolute Gasteiger partial charge is 0.378 e. The molecule has 0 unspecified atom stereocenters. The predicted molar refractivity (Wildman–Crippen MR) is 74.9 cm³/mol. The molecule has 0 aliphatic carbocycles. The second kappa shape index (κ2) is 5.59. The first kappa shape index (κ1) is 13.2. The van der Waals surface area contributed by atoms with Crippen molar-refractivity contribution in [2.75, 3.05) is 5.32 Å². The van der Waals surface area contributed by atoms with E-state index < -0.39 is 0 Å². The third kappa shape index (κ3) is 2.95. The van der Waals surface area contributed by atoms with Gasteiger partial charge in [-0.1, -0.05) is 41.4 Å². The van der Waals surface area contributed by atoms with Crippen molar-refractivity contribution in [3.8, 4) is 0 Å². The van der Waals surface area contributed by atoms with Gasteiger partial charge in [0.2, 0.25) is 0 Å². The number of hydrogen-bond donors (Lipinski definition) is 1. The highest BCUT2D eigenvalue weighted by molar-refractivity contribution is 6.42. The Hall–Kier alpha value is -1.25. The lowest BCUT2D eigenvalue weighted by atomic mass is 10.1. The maximum absolute atomic E-state index is 13.6. The van der Waals surface area contributed by atoms with E-state index >= 15 is 0 Å². The summed E-state index contributed by atoms with van der Waals surface area (Å²) in [5.74, 6) is -0.255. The molecule has 18 heavy (non-hydrogen) atoms. The van der Waals surface area contributed by atoms with Crippen molar-refractivity contribution in [3.05, 3.63) is 63.4 Å². The van der Waals surface area contributed by atoms with E-state index in [1.807, 2.05) is 19.1 Å². The van der Waals surface area contributed by atoms with Gasteiger partial charge in [0.15, 0.2) is 0 Å². The molecule has 0 saturated heterocycles. The zero-order valence-electron chi connectivity index (χ0n) is 9.81.